The molecule has 2 aliphatic heterocycles. The zero-order valence-electron chi connectivity index (χ0n) is 12.6. The molecule has 120 valence electrons. The summed E-state index contributed by atoms with van der Waals surface area (Å²) in [4.78, 5) is 31.4. The van der Waals surface area contributed by atoms with E-state index in [-0.39, 0.29) is 11.6 Å². The zero-order chi connectivity index (χ0) is 16.4. The summed E-state index contributed by atoms with van der Waals surface area (Å²) >= 11 is 1.33. The zero-order valence-corrected chi connectivity index (χ0v) is 13.5. The quantitative estimate of drug-likeness (QED) is 0.467. The van der Waals surface area contributed by atoms with Crippen LogP contribution in [0.3, 0.4) is 0 Å². The van der Waals surface area contributed by atoms with E-state index < -0.39 is 4.92 Å². The standard InChI is InChI=1S/C15H16N4O3S/c1-17-5-7-18(8-6-17)15-16-14(20)13(23-15)10-11-3-2-4-12(9-11)19(21)22/h2-4,9-10H,5-8H2,1H3/b13-10+. The third-order valence-corrected chi connectivity index (χ3v) is 4.81. The predicted molar refractivity (Wildman–Crippen MR) is 90.2 cm³/mol. The molecular formula is C15H16N4O3S. The SMILES string of the molecule is CN1CCN(C2=NC(=O)/C(=C\c3cccc([N+](=O)[O-])c3)S2)CC1. The van der Waals surface area contributed by atoms with Gasteiger partial charge in [-0.2, -0.15) is 4.99 Å². The van der Waals surface area contributed by atoms with Gasteiger partial charge < -0.3 is 9.80 Å². The molecule has 0 spiro atoms. The van der Waals surface area contributed by atoms with E-state index in [0.717, 1.165) is 31.3 Å². The van der Waals surface area contributed by atoms with E-state index in [0.29, 0.717) is 10.5 Å². The number of rotatable bonds is 2. The summed E-state index contributed by atoms with van der Waals surface area (Å²) in [5.74, 6) is -0.282. The number of benzene rings is 1. The number of nitro groups is 1. The topological polar surface area (TPSA) is 79.0 Å². The van der Waals surface area contributed by atoms with Crippen LogP contribution in [0.2, 0.25) is 0 Å². The maximum Gasteiger partial charge on any atom is 0.286 e. The fraction of sp³-hybridized carbons (Fsp3) is 0.333. The molecule has 0 saturated carbocycles. The van der Waals surface area contributed by atoms with E-state index in [1.165, 1.54) is 23.9 Å². The van der Waals surface area contributed by atoms with Gasteiger partial charge in [0.05, 0.1) is 9.83 Å². The van der Waals surface area contributed by atoms with Gasteiger partial charge in [0.2, 0.25) is 0 Å². The van der Waals surface area contributed by atoms with Gasteiger partial charge in [0.15, 0.2) is 5.17 Å². The highest BCUT2D eigenvalue weighted by Gasteiger charge is 2.27. The Morgan fingerprint density at radius 1 is 1.30 bits per heavy atom. The fourth-order valence-electron chi connectivity index (χ4n) is 2.41. The van der Waals surface area contributed by atoms with Gasteiger partial charge in [0.1, 0.15) is 0 Å². The van der Waals surface area contributed by atoms with Crippen LogP contribution in [-0.2, 0) is 4.79 Å². The monoisotopic (exact) mass is 332 g/mol. The first-order valence-electron chi connectivity index (χ1n) is 7.23. The molecule has 0 aliphatic carbocycles. The van der Waals surface area contributed by atoms with Gasteiger partial charge in [-0.15, -0.1) is 0 Å². The van der Waals surface area contributed by atoms with Crippen LogP contribution < -0.4 is 0 Å². The summed E-state index contributed by atoms with van der Waals surface area (Å²) in [6, 6.07) is 6.23. The molecule has 1 aromatic rings. The molecule has 0 bridgehead atoms. The Labute approximate surface area is 137 Å². The molecule has 2 aliphatic rings. The van der Waals surface area contributed by atoms with E-state index in [2.05, 4.69) is 21.8 Å². The lowest BCUT2D eigenvalue weighted by Gasteiger charge is -2.32. The maximum absolute atomic E-state index is 12.1. The van der Waals surface area contributed by atoms with Crippen molar-refractivity contribution in [2.75, 3.05) is 33.2 Å². The average Bonchev–Trinajstić information content (AvgIpc) is 2.89. The number of hydrogen-bond acceptors (Lipinski definition) is 6. The van der Waals surface area contributed by atoms with Crippen molar-refractivity contribution in [3.8, 4) is 0 Å². The fourth-order valence-corrected chi connectivity index (χ4v) is 3.38. The molecular weight excluding hydrogens is 316 g/mol. The van der Waals surface area contributed by atoms with Crippen molar-refractivity contribution in [2.24, 2.45) is 4.99 Å². The van der Waals surface area contributed by atoms with Gasteiger partial charge >= 0.3 is 0 Å². The minimum Gasteiger partial charge on any atom is -0.348 e. The highest BCUT2D eigenvalue weighted by molar-refractivity contribution is 8.18. The lowest BCUT2D eigenvalue weighted by Crippen LogP contribution is -2.46. The normalized spacial score (nSPS) is 20.9. The highest BCUT2D eigenvalue weighted by atomic mass is 32.2. The third kappa shape index (κ3) is 3.59. The first kappa shape index (κ1) is 15.7. The van der Waals surface area contributed by atoms with Crippen molar-refractivity contribution in [3.05, 3.63) is 44.8 Å². The first-order valence-corrected chi connectivity index (χ1v) is 8.05. The van der Waals surface area contributed by atoms with Gasteiger partial charge in [-0.3, -0.25) is 14.9 Å². The maximum atomic E-state index is 12.1. The van der Waals surface area contributed by atoms with Crippen molar-refractivity contribution >= 4 is 34.6 Å². The Hall–Kier alpha value is -2.19. The highest BCUT2D eigenvalue weighted by Crippen LogP contribution is 2.31. The second-order valence-electron chi connectivity index (χ2n) is 5.45. The number of non-ortho nitro benzene ring substituents is 1. The number of aliphatic imine (C=N–C) groups is 1. The van der Waals surface area contributed by atoms with Gasteiger partial charge in [-0.05, 0) is 30.4 Å². The predicted octanol–water partition coefficient (Wildman–Crippen LogP) is 1.81. The number of likely N-dealkylation sites (N-methyl/N-ethyl adjacent to an activating group) is 1. The Balaban J connectivity index is 1.74. The molecule has 1 fully saturated rings. The van der Waals surface area contributed by atoms with E-state index >= 15 is 0 Å². The molecule has 0 radical (unpaired) electrons. The van der Waals surface area contributed by atoms with Crippen LogP contribution >= 0.6 is 11.8 Å². The Kier molecular flexibility index (Phi) is 4.44. The van der Waals surface area contributed by atoms with Gasteiger partial charge in [-0.1, -0.05) is 12.1 Å². The van der Waals surface area contributed by atoms with Gasteiger partial charge in [-0.25, -0.2) is 0 Å². The number of piperazine rings is 1. The van der Waals surface area contributed by atoms with Crippen molar-refractivity contribution in [3.63, 3.8) is 0 Å². The second-order valence-corrected chi connectivity index (χ2v) is 6.46. The lowest BCUT2D eigenvalue weighted by molar-refractivity contribution is -0.384. The van der Waals surface area contributed by atoms with Crippen LogP contribution in [0.1, 0.15) is 5.56 Å². The van der Waals surface area contributed by atoms with Gasteiger partial charge in [0, 0.05) is 38.3 Å². The third-order valence-electron chi connectivity index (χ3n) is 3.76. The number of hydrogen-bond donors (Lipinski definition) is 0. The molecule has 8 heteroatoms. The average molecular weight is 332 g/mol. The summed E-state index contributed by atoms with van der Waals surface area (Å²) in [7, 11) is 2.07. The largest absolute Gasteiger partial charge is 0.348 e. The van der Waals surface area contributed by atoms with Crippen LogP contribution in [0.15, 0.2) is 34.2 Å². The number of nitro benzene ring substituents is 1. The van der Waals surface area contributed by atoms with Crippen LogP contribution in [0.5, 0.6) is 0 Å². The minimum atomic E-state index is -0.447. The minimum absolute atomic E-state index is 0.00926. The van der Waals surface area contributed by atoms with Crippen molar-refractivity contribution in [2.45, 2.75) is 0 Å². The molecule has 2 heterocycles. The molecule has 3 rings (SSSR count). The van der Waals surface area contributed by atoms with Crippen LogP contribution in [0, 0.1) is 10.1 Å². The Morgan fingerprint density at radius 2 is 2.04 bits per heavy atom. The van der Waals surface area contributed by atoms with Crippen molar-refractivity contribution in [1.29, 1.82) is 0 Å². The lowest BCUT2D eigenvalue weighted by atomic mass is 10.2. The van der Waals surface area contributed by atoms with Crippen molar-refractivity contribution in [1.82, 2.24) is 9.80 Å². The molecule has 1 saturated heterocycles. The van der Waals surface area contributed by atoms with E-state index in [9.17, 15) is 14.9 Å². The van der Waals surface area contributed by atoms with Crippen LogP contribution in [-0.4, -0.2) is 59.0 Å². The smallest absolute Gasteiger partial charge is 0.286 e. The van der Waals surface area contributed by atoms with Crippen LogP contribution in [0.25, 0.3) is 6.08 Å². The summed E-state index contributed by atoms with van der Waals surface area (Å²) in [5.41, 5.74) is 0.639. The molecule has 0 N–H and O–H groups in total. The van der Waals surface area contributed by atoms with Crippen molar-refractivity contribution < 1.29 is 9.72 Å². The Morgan fingerprint density at radius 3 is 2.74 bits per heavy atom. The summed E-state index contributed by atoms with van der Waals surface area (Å²) in [6.07, 6.45) is 1.66. The molecule has 1 aromatic carbocycles. The number of carbonyl (C=O) groups excluding carboxylic acids is 1. The summed E-state index contributed by atoms with van der Waals surface area (Å²) in [6.45, 7) is 3.58. The molecule has 23 heavy (non-hydrogen) atoms. The molecule has 0 atom stereocenters. The molecule has 7 nitrogen and oxygen atoms in total. The number of nitrogens with zero attached hydrogens (tertiary/aromatic N) is 4. The van der Waals surface area contributed by atoms with E-state index in [4.69, 9.17) is 0 Å². The molecule has 1 amide bonds. The molecule has 0 unspecified atom stereocenters. The number of carbonyl (C=O) groups is 1. The Bertz CT molecular complexity index is 708. The van der Waals surface area contributed by atoms with E-state index in [1.807, 2.05) is 0 Å². The van der Waals surface area contributed by atoms with Gasteiger partial charge in [0.25, 0.3) is 11.6 Å². The number of amidine groups is 1. The molecule has 0 aromatic heterocycles. The number of thioether (sulfide) groups is 1. The van der Waals surface area contributed by atoms with Crippen LogP contribution in [0.4, 0.5) is 5.69 Å². The summed E-state index contributed by atoms with van der Waals surface area (Å²) in [5, 5.41) is 11.5. The first-order chi connectivity index (χ1) is 11.0. The summed E-state index contributed by atoms with van der Waals surface area (Å²) < 4.78 is 0. The second kappa shape index (κ2) is 6.51. The van der Waals surface area contributed by atoms with E-state index in [1.54, 1.807) is 18.2 Å². The number of amides is 1.